The number of benzene rings is 3. The highest BCUT2D eigenvalue weighted by Gasteiger charge is 2.19. The number of carbonyl (C=O) groups excluding carboxylic acids is 1. The van der Waals surface area contributed by atoms with Crippen LogP contribution in [0.4, 0.5) is 5.69 Å². The molecule has 30 heavy (non-hydrogen) atoms. The van der Waals surface area contributed by atoms with Gasteiger partial charge in [0.25, 0.3) is 15.9 Å². The molecule has 0 atom stereocenters. The van der Waals surface area contributed by atoms with Crippen LogP contribution >= 0.6 is 0 Å². The van der Waals surface area contributed by atoms with Gasteiger partial charge in [-0.3, -0.25) is 9.52 Å². The molecule has 0 aliphatic rings. The number of sulfonamides is 1. The molecule has 3 aromatic carbocycles. The number of ether oxygens (including phenoxy) is 1. The van der Waals surface area contributed by atoms with Gasteiger partial charge in [0.05, 0.1) is 23.3 Å². The van der Waals surface area contributed by atoms with Crippen molar-refractivity contribution in [1.82, 2.24) is 5.32 Å². The molecule has 0 aliphatic carbocycles. The summed E-state index contributed by atoms with van der Waals surface area (Å²) in [7, 11) is -2.34. The molecule has 0 unspecified atom stereocenters. The van der Waals surface area contributed by atoms with E-state index in [1.54, 1.807) is 37.3 Å². The fraction of sp³-hybridized carbons (Fsp3) is 0.174. The molecule has 0 saturated heterocycles. The lowest BCUT2D eigenvalue weighted by atomic mass is 10.1. The van der Waals surface area contributed by atoms with Gasteiger partial charge in [0.1, 0.15) is 5.75 Å². The maximum atomic E-state index is 12.8. The summed E-state index contributed by atoms with van der Waals surface area (Å²) in [6, 6.07) is 21.0. The molecular weight excluding hydrogens is 400 g/mol. The van der Waals surface area contributed by atoms with E-state index in [0.29, 0.717) is 24.3 Å². The van der Waals surface area contributed by atoms with Gasteiger partial charge in [-0.2, -0.15) is 0 Å². The quantitative estimate of drug-likeness (QED) is 0.576. The third-order valence-corrected chi connectivity index (χ3v) is 6.00. The molecule has 0 aliphatic heterocycles. The summed E-state index contributed by atoms with van der Waals surface area (Å²) >= 11 is 0. The Hall–Kier alpha value is -3.32. The molecule has 156 valence electrons. The van der Waals surface area contributed by atoms with Gasteiger partial charge >= 0.3 is 0 Å². The average Bonchev–Trinajstić information content (AvgIpc) is 2.74. The maximum absolute atomic E-state index is 12.8. The standard InChI is InChI=1S/C23H24N2O4S/c1-17-16-19(12-13-22(17)29-2)30(27,28)25-21-11-7-6-10-20(21)23(26)24-15-14-18-8-4-3-5-9-18/h3-13,16,25H,14-15H2,1-2H3,(H,24,26). The number of carbonyl (C=O) groups is 1. The monoisotopic (exact) mass is 424 g/mol. The van der Waals surface area contributed by atoms with Crippen LogP contribution in [0.1, 0.15) is 21.5 Å². The van der Waals surface area contributed by atoms with Gasteiger partial charge in [-0.25, -0.2) is 8.42 Å². The van der Waals surface area contributed by atoms with Crippen molar-refractivity contribution >= 4 is 21.6 Å². The number of hydrogen-bond acceptors (Lipinski definition) is 4. The van der Waals surface area contributed by atoms with Crippen LogP contribution in [0.5, 0.6) is 5.75 Å². The molecule has 0 spiro atoms. The zero-order valence-electron chi connectivity index (χ0n) is 16.9. The smallest absolute Gasteiger partial charge is 0.261 e. The summed E-state index contributed by atoms with van der Waals surface area (Å²) in [5, 5.41) is 2.85. The highest BCUT2D eigenvalue weighted by Crippen LogP contribution is 2.24. The summed E-state index contributed by atoms with van der Waals surface area (Å²) in [4.78, 5) is 12.8. The van der Waals surface area contributed by atoms with Crippen LogP contribution in [0.2, 0.25) is 0 Å². The fourth-order valence-electron chi connectivity index (χ4n) is 3.05. The number of aryl methyl sites for hydroxylation is 1. The Morgan fingerprint density at radius 2 is 1.67 bits per heavy atom. The number of methoxy groups -OCH3 is 1. The molecule has 0 aromatic heterocycles. The van der Waals surface area contributed by atoms with Gasteiger partial charge in [-0.1, -0.05) is 42.5 Å². The van der Waals surface area contributed by atoms with Gasteiger partial charge in [0.15, 0.2) is 0 Å². The second kappa shape index (κ2) is 9.45. The van der Waals surface area contributed by atoms with Crippen LogP contribution in [0.15, 0.2) is 77.7 Å². The lowest BCUT2D eigenvalue weighted by Gasteiger charge is -2.14. The highest BCUT2D eigenvalue weighted by molar-refractivity contribution is 7.92. The summed E-state index contributed by atoms with van der Waals surface area (Å²) in [5.41, 5.74) is 2.30. The summed E-state index contributed by atoms with van der Waals surface area (Å²) < 4.78 is 33.4. The fourth-order valence-corrected chi connectivity index (χ4v) is 4.22. The zero-order valence-corrected chi connectivity index (χ0v) is 17.7. The van der Waals surface area contributed by atoms with E-state index in [4.69, 9.17) is 4.74 Å². The van der Waals surface area contributed by atoms with Crippen molar-refractivity contribution in [3.8, 4) is 5.75 Å². The molecule has 0 heterocycles. The third-order valence-electron chi connectivity index (χ3n) is 4.63. The largest absolute Gasteiger partial charge is 0.496 e. The third kappa shape index (κ3) is 5.18. The minimum Gasteiger partial charge on any atom is -0.496 e. The van der Waals surface area contributed by atoms with Crippen LogP contribution in [0.3, 0.4) is 0 Å². The van der Waals surface area contributed by atoms with Crippen molar-refractivity contribution in [2.24, 2.45) is 0 Å². The van der Waals surface area contributed by atoms with Crippen molar-refractivity contribution in [2.75, 3.05) is 18.4 Å². The van der Waals surface area contributed by atoms with E-state index in [1.165, 1.54) is 19.2 Å². The predicted octanol–water partition coefficient (Wildman–Crippen LogP) is 3.78. The maximum Gasteiger partial charge on any atom is 0.261 e. The zero-order chi connectivity index (χ0) is 21.6. The molecule has 0 bridgehead atoms. The topological polar surface area (TPSA) is 84.5 Å². The molecule has 6 nitrogen and oxygen atoms in total. The number of nitrogens with one attached hydrogen (secondary N) is 2. The first-order chi connectivity index (χ1) is 14.4. The number of para-hydroxylation sites is 1. The normalized spacial score (nSPS) is 11.0. The Morgan fingerprint density at radius 1 is 0.967 bits per heavy atom. The predicted molar refractivity (Wildman–Crippen MR) is 117 cm³/mol. The Bertz CT molecular complexity index is 1130. The Kier molecular flexibility index (Phi) is 6.74. The number of anilines is 1. The minimum absolute atomic E-state index is 0.0973. The first kappa shape index (κ1) is 21.4. The van der Waals surface area contributed by atoms with E-state index in [9.17, 15) is 13.2 Å². The minimum atomic E-state index is -3.87. The van der Waals surface area contributed by atoms with E-state index in [-0.39, 0.29) is 22.1 Å². The Labute approximate surface area is 177 Å². The SMILES string of the molecule is COc1ccc(S(=O)(=O)Nc2ccccc2C(=O)NCCc2ccccc2)cc1C. The molecular formula is C23H24N2O4S. The van der Waals surface area contributed by atoms with E-state index in [1.807, 2.05) is 30.3 Å². The van der Waals surface area contributed by atoms with Gasteiger partial charge in [0.2, 0.25) is 0 Å². The lowest BCUT2D eigenvalue weighted by Crippen LogP contribution is -2.27. The first-order valence-corrected chi connectivity index (χ1v) is 11.0. The van der Waals surface area contributed by atoms with Crippen molar-refractivity contribution < 1.29 is 17.9 Å². The summed E-state index contributed by atoms with van der Waals surface area (Å²) in [5.74, 6) is 0.266. The van der Waals surface area contributed by atoms with Crippen LogP contribution < -0.4 is 14.8 Å². The number of rotatable bonds is 8. The molecule has 2 N–H and O–H groups in total. The van der Waals surface area contributed by atoms with E-state index >= 15 is 0 Å². The highest BCUT2D eigenvalue weighted by atomic mass is 32.2. The molecule has 7 heteroatoms. The summed E-state index contributed by atoms with van der Waals surface area (Å²) in [6.45, 7) is 2.22. The molecule has 0 fully saturated rings. The van der Waals surface area contributed by atoms with Crippen molar-refractivity contribution in [3.63, 3.8) is 0 Å². The van der Waals surface area contributed by atoms with Crippen molar-refractivity contribution in [2.45, 2.75) is 18.2 Å². The van der Waals surface area contributed by atoms with Crippen molar-refractivity contribution in [1.29, 1.82) is 0 Å². The molecule has 3 rings (SSSR count). The number of hydrogen-bond donors (Lipinski definition) is 2. The van der Waals surface area contributed by atoms with E-state index in [2.05, 4.69) is 10.0 Å². The second-order valence-corrected chi connectivity index (χ2v) is 8.46. The molecule has 3 aromatic rings. The van der Waals surface area contributed by atoms with Crippen LogP contribution in [0, 0.1) is 6.92 Å². The summed E-state index contributed by atoms with van der Waals surface area (Å²) in [6.07, 6.45) is 0.686. The number of amides is 1. The van der Waals surface area contributed by atoms with Crippen LogP contribution in [-0.4, -0.2) is 28.0 Å². The van der Waals surface area contributed by atoms with Crippen molar-refractivity contribution in [3.05, 3.63) is 89.5 Å². The van der Waals surface area contributed by atoms with E-state index < -0.39 is 10.0 Å². The van der Waals surface area contributed by atoms with Crippen LogP contribution in [0.25, 0.3) is 0 Å². The molecule has 0 radical (unpaired) electrons. The average molecular weight is 425 g/mol. The van der Waals surface area contributed by atoms with Crippen LogP contribution in [-0.2, 0) is 16.4 Å². The van der Waals surface area contributed by atoms with Gasteiger partial charge in [-0.05, 0) is 54.8 Å². The first-order valence-electron chi connectivity index (χ1n) is 9.49. The molecule has 0 saturated carbocycles. The lowest BCUT2D eigenvalue weighted by molar-refractivity contribution is 0.0955. The Morgan fingerprint density at radius 3 is 2.37 bits per heavy atom. The van der Waals surface area contributed by atoms with E-state index in [0.717, 1.165) is 5.56 Å². The second-order valence-electron chi connectivity index (χ2n) is 6.77. The van der Waals surface area contributed by atoms with Gasteiger partial charge < -0.3 is 10.1 Å². The van der Waals surface area contributed by atoms with Gasteiger partial charge in [-0.15, -0.1) is 0 Å². The molecule has 1 amide bonds. The Balaban J connectivity index is 1.74. The van der Waals surface area contributed by atoms with Gasteiger partial charge in [0, 0.05) is 6.54 Å².